The Balaban J connectivity index is 0.00000320. The number of rotatable bonds is 10. The third kappa shape index (κ3) is 9.57. The Morgan fingerprint density at radius 1 is 0.933 bits per heavy atom. The van der Waals surface area contributed by atoms with Crippen LogP contribution in [0, 0.1) is 0 Å². The molecule has 3 aliphatic rings. The number of likely N-dealkylation sites (tertiary alicyclic amines) is 1. The minimum Gasteiger partial charge on any atom is -0.378 e. The molecule has 7 heteroatoms. The fourth-order valence-corrected chi connectivity index (χ4v) is 4.67. The van der Waals surface area contributed by atoms with Crippen molar-refractivity contribution in [2.24, 2.45) is 4.99 Å². The van der Waals surface area contributed by atoms with Crippen LogP contribution >= 0.6 is 24.0 Å². The van der Waals surface area contributed by atoms with Gasteiger partial charge in [-0.3, -0.25) is 4.99 Å². The monoisotopic (exact) mass is 537 g/mol. The van der Waals surface area contributed by atoms with Gasteiger partial charge in [0.25, 0.3) is 0 Å². The van der Waals surface area contributed by atoms with Crippen LogP contribution in [0.4, 0.5) is 0 Å². The minimum absolute atomic E-state index is 0. The highest BCUT2D eigenvalue weighted by Crippen LogP contribution is 2.20. The second-order valence-corrected chi connectivity index (χ2v) is 8.82. The lowest BCUT2D eigenvalue weighted by Gasteiger charge is -2.34. The van der Waals surface area contributed by atoms with Crippen LogP contribution < -0.4 is 5.32 Å². The highest BCUT2D eigenvalue weighted by Gasteiger charge is 2.24. The van der Waals surface area contributed by atoms with Gasteiger partial charge >= 0.3 is 0 Å². The lowest BCUT2D eigenvalue weighted by molar-refractivity contribution is -0.0367. The molecule has 2 heterocycles. The van der Waals surface area contributed by atoms with E-state index in [1.165, 1.54) is 57.8 Å². The molecule has 0 radical (unpaired) electrons. The van der Waals surface area contributed by atoms with E-state index in [1.807, 2.05) is 7.05 Å². The van der Waals surface area contributed by atoms with E-state index in [9.17, 15) is 0 Å². The van der Waals surface area contributed by atoms with Crippen LogP contribution in [-0.4, -0.2) is 75.7 Å². The average Bonchev–Trinajstić information content (AvgIpc) is 3.29. The third-order valence-corrected chi connectivity index (χ3v) is 6.51. The topological polar surface area (TPSA) is 55.3 Å². The number of hydrogen-bond acceptors (Lipinski definition) is 4. The van der Waals surface area contributed by atoms with Crippen molar-refractivity contribution in [2.45, 2.75) is 95.4 Å². The van der Waals surface area contributed by atoms with Crippen LogP contribution in [0.3, 0.4) is 0 Å². The summed E-state index contributed by atoms with van der Waals surface area (Å²) in [6.45, 7) is 5.63. The van der Waals surface area contributed by atoms with Crippen LogP contribution in [0.15, 0.2) is 4.99 Å². The molecule has 0 bridgehead atoms. The summed E-state index contributed by atoms with van der Waals surface area (Å²) in [5.41, 5.74) is 0. The Morgan fingerprint density at radius 2 is 1.70 bits per heavy atom. The van der Waals surface area contributed by atoms with E-state index in [2.05, 4.69) is 15.2 Å². The van der Waals surface area contributed by atoms with Gasteiger partial charge in [0.1, 0.15) is 0 Å². The summed E-state index contributed by atoms with van der Waals surface area (Å²) in [6.07, 6.45) is 15.9. The number of guanidine groups is 1. The number of piperidine rings is 1. The van der Waals surface area contributed by atoms with Gasteiger partial charge in [0.05, 0.1) is 24.9 Å². The van der Waals surface area contributed by atoms with E-state index >= 15 is 0 Å². The number of aliphatic imine (C=N–C) groups is 1. The number of unbranched alkanes of at least 4 members (excludes halogenated alkanes) is 2. The molecule has 0 aromatic rings. The van der Waals surface area contributed by atoms with E-state index in [1.54, 1.807) is 0 Å². The summed E-state index contributed by atoms with van der Waals surface area (Å²) in [7, 11) is 1.89. The Labute approximate surface area is 200 Å². The molecule has 3 rings (SSSR count). The van der Waals surface area contributed by atoms with Crippen molar-refractivity contribution >= 4 is 29.9 Å². The molecule has 0 aromatic heterocycles. The Bertz CT molecular complexity index is 461. The summed E-state index contributed by atoms with van der Waals surface area (Å²) >= 11 is 0. The summed E-state index contributed by atoms with van der Waals surface area (Å²) in [5, 5.41) is 3.55. The highest BCUT2D eigenvalue weighted by atomic mass is 127. The summed E-state index contributed by atoms with van der Waals surface area (Å²) in [5.74, 6) is 1.04. The van der Waals surface area contributed by atoms with Crippen molar-refractivity contribution in [3.8, 4) is 0 Å². The molecular weight excluding hydrogens is 493 g/mol. The zero-order chi connectivity index (χ0) is 20.2. The molecule has 0 amide bonds. The molecule has 0 spiro atoms. The normalized spacial score (nSPS) is 24.1. The maximum Gasteiger partial charge on any atom is 0.193 e. The molecule has 1 atom stereocenters. The lowest BCUT2D eigenvalue weighted by atomic mass is 9.98. The van der Waals surface area contributed by atoms with Gasteiger partial charge in [0, 0.05) is 39.9 Å². The van der Waals surface area contributed by atoms with Crippen LogP contribution in [0.5, 0.6) is 0 Å². The molecule has 0 aromatic carbocycles. The number of halogens is 1. The first-order chi connectivity index (χ1) is 14.3. The van der Waals surface area contributed by atoms with Crippen molar-refractivity contribution in [1.29, 1.82) is 0 Å². The SMILES string of the molecule is CN=C(NCCCCCOC1CCCCC1)N1CCC(OCC2CCCO2)CC1.I. The third-order valence-electron chi connectivity index (χ3n) is 6.51. The van der Waals surface area contributed by atoms with Crippen LogP contribution in [0.2, 0.25) is 0 Å². The highest BCUT2D eigenvalue weighted by molar-refractivity contribution is 14.0. The molecule has 1 unspecified atom stereocenters. The van der Waals surface area contributed by atoms with Crippen LogP contribution in [-0.2, 0) is 14.2 Å². The number of ether oxygens (including phenoxy) is 3. The van der Waals surface area contributed by atoms with Crippen molar-refractivity contribution in [2.75, 3.05) is 46.5 Å². The number of hydrogen-bond donors (Lipinski definition) is 1. The van der Waals surface area contributed by atoms with Crippen LogP contribution in [0.25, 0.3) is 0 Å². The maximum absolute atomic E-state index is 6.08. The molecule has 6 nitrogen and oxygen atoms in total. The molecule has 1 aliphatic carbocycles. The van der Waals surface area contributed by atoms with Gasteiger partial charge in [-0.05, 0) is 57.8 Å². The Morgan fingerprint density at radius 3 is 2.40 bits per heavy atom. The second kappa shape index (κ2) is 15.6. The van der Waals surface area contributed by atoms with E-state index in [0.29, 0.717) is 18.3 Å². The van der Waals surface area contributed by atoms with Crippen molar-refractivity contribution in [3.05, 3.63) is 0 Å². The maximum atomic E-state index is 6.08. The fourth-order valence-electron chi connectivity index (χ4n) is 4.67. The van der Waals surface area contributed by atoms with Crippen molar-refractivity contribution < 1.29 is 14.2 Å². The zero-order valence-corrected chi connectivity index (χ0v) is 21.3. The Kier molecular flexibility index (Phi) is 13.6. The van der Waals surface area contributed by atoms with E-state index in [4.69, 9.17) is 14.2 Å². The molecule has 176 valence electrons. The van der Waals surface area contributed by atoms with E-state index in [-0.39, 0.29) is 24.0 Å². The molecule has 1 N–H and O–H groups in total. The number of nitrogens with one attached hydrogen (secondary N) is 1. The fraction of sp³-hybridized carbons (Fsp3) is 0.957. The lowest BCUT2D eigenvalue weighted by Crippen LogP contribution is -2.47. The molecule has 1 saturated carbocycles. The quantitative estimate of drug-likeness (QED) is 0.194. The molecule has 30 heavy (non-hydrogen) atoms. The van der Waals surface area contributed by atoms with Crippen molar-refractivity contribution in [1.82, 2.24) is 10.2 Å². The smallest absolute Gasteiger partial charge is 0.193 e. The first kappa shape index (κ1) is 26.1. The van der Waals surface area contributed by atoms with Gasteiger partial charge < -0.3 is 24.4 Å². The predicted molar refractivity (Wildman–Crippen MR) is 133 cm³/mol. The molecule has 3 fully saturated rings. The van der Waals surface area contributed by atoms with E-state index in [0.717, 1.165) is 64.7 Å². The predicted octanol–water partition coefficient (Wildman–Crippen LogP) is 4.36. The summed E-state index contributed by atoms with van der Waals surface area (Å²) in [4.78, 5) is 6.86. The zero-order valence-electron chi connectivity index (χ0n) is 19.0. The average molecular weight is 538 g/mol. The molecular formula is C23H44IN3O3. The second-order valence-electron chi connectivity index (χ2n) is 8.82. The van der Waals surface area contributed by atoms with Gasteiger partial charge in [-0.25, -0.2) is 0 Å². The standard InChI is InChI=1S/C23H43N3O3.HI/c1-24-23(25-14-6-3-7-17-27-20-9-4-2-5-10-20)26-15-12-21(13-16-26)29-19-22-11-8-18-28-22;/h20-22H,2-19H2,1H3,(H,24,25);1H. The molecule has 2 saturated heterocycles. The van der Waals surface area contributed by atoms with Gasteiger partial charge in [0.15, 0.2) is 5.96 Å². The van der Waals surface area contributed by atoms with Gasteiger partial charge in [-0.1, -0.05) is 19.3 Å². The minimum atomic E-state index is 0. The first-order valence-corrected chi connectivity index (χ1v) is 12.2. The van der Waals surface area contributed by atoms with Crippen molar-refractivity contribution in [3.63, 3.8) is 0 Å². The van der Waals surface area contributed by atoms with Gasteiger partial charge in [0.2, 0.25) is 0 Å². The van der Waals surface area contributed by atoms with Gasteiger partial charge in [-0.15, -0.1) is 24.0 Å². The first-order valence-electron chi connectivity index (χ1n) is 12.2. The van der Waals surface area contributed by atoms with Gasteiger partial charge in [-0.2, -0.15) is 0 Å². The summed E-state index contributed by atoms with van der Waals surface area (Å²) in [6, 6.07) is 0. The largest absolute Gasteiger partial charge is 0.378 e. The van der Waals surface area contributed by atoms with E-state index < -0.39 is 0 Å². The number of nitrogens with zero attached hydrogens (tertiary/aromatic N) is 2. The summed E-state index contributed by atoms with van der Waals surface area (Å²) < 4.78 is 17.8. The van der Waals surface area contributed by atoms with Crippen LogP contribution in [0.1, 0.15) is 77.0 Å². The Hall–Kier alpha value is -0.120. The molecule has 2 aliphatic heterocycles.